The van der Waals surface area contributed by atoms with Gasteiger partial charge in [-0.3, -0.25) is 0 Å². The fourth-order valence-electron chi connectivity index (χ4n) is 1.71. The number of nitrogens with zero attached hydrogens (tertiary/aromatic N) is 1. The van der Waals surface area contributed by atoms with E-state index in [-0.39, 0.29) is 5.82 Å². The normalized spacial score (nSPS) is 11.2. The summed E-state index contributed by atoms with van der Waals surface area (Å²) in [6.07, 6.45) is -3.17. The number of benzene rings is 1. The summed E-state index contributed by atoms with van der Waals surface area (Å²) in [5.41, 5.74) is 4.96. The molecule has 0 fully saturated rings. The lowest BCUT2D eigenvalue weighted by Crippen LogP contribution is -2.11. The molecular formula is C14H14F3N3O. The fraction of sp³-hybridized carbons (Fsp3) is 0.214. The molecule has 7 heteroatoms. The third kappa shape index (κ3) is 4.09. The van der Waals surface area contributed by atoms with Gasteiger partial charge in [0.15, 0.2) is 0 Å². The molecule has 0 aliphatic rings. The van der Waals surface area contributed by atoms with E-state index < -0.39 is 11.7 Å². The summed E-state index contributed by atoms with van der Waals surface area (Å²) in [4.78, 5) is 3.74. The molecular weight excluding hydrogens is 283 g/mol. The highest BCUT2D eigenvalue weighted by Gasteiger charge is 2.34. The van der Waals surface area contributed by atoms with Crippen LogP contribution in [-0.2, 0) is 6.18 Å². The molecule has 1 aromatic carbocycles. The summed E-state index contributed by atoms with van der Waals surface area (Å²) < 4.78 is 44.0. The number of aromatic nitrogens is 1. The summed E-state index contributed by atoms with van der Waals surface area (Å²) in [6, 6.07) is 8.81. The number of alkyl halides is 3. The van der Waals surface area contributed by atoms with Crippen LogP contribution in [0, 0.1) is 0 Å². The van der Waals surface area contributed by atoms with Crippen molar-refractivity contribution >= 4 is 11.5 Å². The zero-order valence-electron chi connectivity index (χ0n) is 11.0. The fourth-order valence-corrected chi connectivity index (χ4v) is 1.71. The zero-order valence-corrected chi connectivity index (χ0v) is 11.0. The van der Waals surface area contributed by atoms with Crippen LogP contribution in [0.5, 0.6) is 5.75 Å². The predicted octanol–water partition coefficient (Wildman–Crippen LogP) is 3.18. The molecule has 3 N–H and O–H groups in total. The molecule has 0 aliphatic heterocycles. The average molecular weight is 297 g/mol. The number of ether oxygens (including phenoxy) is 1. The van der Waals surface area contributed by atoms with Crippen molar-refractivity contribution in [2.75, 3.05) is 18.5 Å². The van der Waals surface area contributed by atoms with Crippen LogP contribution in [0.3, 0.4) is 0 Å². The van der Waals surface area contributed by atoms with Crippen LogP contribution in [-0.4, -0.2) is 18.1 Å². The first-order valence-electron chi connectivity index (χ1n) is 6.23. The first-order valence-corrected chi connectivity index (χ1v) is 6.23. The van der Waals surface area contributed by atoms with Crippen LogP contribution in [0.15, 0.2) is 42.6 Å². The third-order valence-electron chi connectivity index (χ3n) is 2.60. The number of hydrogen-bond donors (Lipinski definition) is 2. The number of rotatable bonds is 5. The second-order valence-electron chi connectivity index (χ2n) is 4.19. The second kappa shape index (κ2) is 6.45. The van der Waals surface area contributed by atoms with E-state index in [2.05, 4.69) is 10.3 Å². The molecule has 4 nitrogen and oxygen atoms in total. The van der Waals surface area contributed by atoms with Crippen molar-refractivity contribution in [1.29, 1.82) is 0 Å². The topological polar surface area (TPSA) is 60.2 Å². The maximum absolute atomic E-state index is 12.9. The minimum Gasteiger partial charge on any atom is -0.492 e. The van der Waals surface area contributed by atoms with Gasteiger partial charge in [-0.15, -0.1) is 0 Å². The maximum Gasteiger partial charge on any atom is 0.419 e. The van der Waals surface area contributed by atoms with Gasteiger partial charge < -0.3 is 15.8 Å². The Morgan fingerprint density at radius 1 is 1.19 bits per heavy atom. The molecule has 0 atom stereocenters. The average Bonchev–Trinajstić information content (AvgIpc) is 2.45. The van der Waals surface area contributed by atoms with Crippen LogP contribution >= 0.6 is 0 Å². The lowest BCUT2D eigenvalue weighted by atomic mass is 10.2. The van der Waals surface area contributed by atoms with Gasteiger partial charge in [-0.25, -0.2) is 4.98 Å². The lowest BCUT2D eigenvalue weighted by Gasteiger charge is -2.14. The molecule has 0 spiro atoms. The van der Waals surface area contributed by atoms with Crippen LogP contribution in [0.25, 0.3) is 0 Å². The Morgan fingerprint density at radius 2 is 2.00 bits per heavy atom. The molecule has 0 amide bonds. The Bertz CT molecular complexity index is 602. The largest absolute Gasteiger partial charge is 0.492 e. The van der Waals surface area contributed by atoms with Gasteiger partial charge in [0.25, 0.3) is 0 Å². The van der Waals surface area contributed by atoms with E-state index in [9.17, 15) is 13.2 Å². The summed E-state index contributed by atoms with van der Waals surface area (Å²) >= 11 is 0. The third-order valence-corrected chi connectivity index (χ3v) is 2.60. The molecule has 0 bridgehead atoms. The van der Waals surface area contributed by atoms with Crippen molar-refractivity contribution < 1.29 is 17.9 Å². The Kier molecular flexibility index (Phi) is 4.64. The van der Waals surface area contributed by atoms with Gasteiger partial charge in [0.1, 0.15) is 18.2 Å². The molecule has 0 aliphatic carbocycles. The Balaban J connectivity index is 2.23. The van der Waals surface area contributed by atoms with Gasteiger partial charge in [0.05, 0.1) is 5.56 Å². The molecule has 0 unspecified atom stereocenters. The summed E-state index contributed by atoms with van der Waals surface area (Å²) in [5, 5.41) is 2.65. The quantitative estimate of drug-likeness (QED) is 0.890. The number of anilines is 2. The van der Waals surface area contributed by atoms with Gasteiger partial charge in [0.2, 0.25) is 0 Å². The van der Waals surface area contributed by atoms with Crippen LogP contribution in [0.2, 0.25) is 0 Å². The van der Waals surface area contributed by atoms with Crippen molar-refractivity contribution in [2.24, 2.45) is 5.73 Å². The second-order valence-corrected chi connectivity index (χ2v) is 4.19. The number of nitrogens with two attached hydrogens (primary N) is 1. The standard InChI is InChI=1S/C14H14F3N3O/c15-14(16,17)12-5-2-7-19-13(12)20-10-3-1-4-11(9-10)21-8-6-18/h1-5,7,9H,6,8,18H2,(H,19,20). The number of halogens is 3. The molecule has 0 saturated heterocycles. The van der Waals surface area contributed by atoms with Crippen molar-refractivity contribution in [2.45, 2.75) is 6.18 Å². The molecule has 1 aromatic heterocycles. The van der Waals surface area contributed by atoms with E-state index in [0.29, 0.717) is 24.6 Å². The molecule has 0 saturated carbocycles. The van der Waals surface area contributed by atoms with E-state index in [1.54, 1.807) is 24.3 Å². The lowest BCUT2D eigenvalue weighted by molar-refractivity contribution is -0.137. The van der Waals surface area contributed by atoms with Crippen LogP contribution < -0.4 is 15.8 Å². The molecule has 2 rings (SSSR count). The molecule has 21 heavy (non-hydrogen) atoms. The van der Waals surface area contributed by atoms with Gasteiger partial charge >= 0.3 is 6.18 Å². The van der Waals surface area contributed by atoms with E-state index >= 15 is 0 Å². The van der Waals surface area contributed by atoms with Crippen LogP contribution in [0.1, 0.15) is 5.56 Å². The first-order chi connectivity index (χ1) is 10.0. The highest BCUT2D eigenvalue weighted by molar-refractivity contribution is 5.61. The van der Waals surface area contributed by atoms with Gasteiger partial charge in [-0.2, -0.15) is 13.2 Å². The summed E-state index contributed by atoms with van der Waals surface area (Å²) in [6.45, 7) is 0.691. The van der Waals surface area contributed by atoms with E-state index in [1.807, 2.05) is 0 Å². The smallest absolute Gasteiger partial charge is 0.419 e. The summed E-state index contributed by atoms with van der Waals surface area (Å²) in [5.74, 6) is 0.274. The van der Waals surface area contributed by atoms with Crippen LogP contribution in [0.4, 0.5) is 24.7 Å². The predicted molar refractivity (Wildman–Crippen MR) is 73.5 cm³/mol. The zero-order chi connectivity index (χ0) is 15.3. The molecule has 1 heterocycles. The molecule has 0 radical (unpaired) electrons. The highest BCUT2D eigenvalue weighted by Crippen LogP contribution is 2.34. The van der Waals surface area contributed by atoms with Crippen molar-refractivity contribution in [3.8, 4) is 5.75 Å². The van der Waals surface area contributed by atoms with E-state index in [1.165, 1.54) is 12.3 Å². The maximum atomic E-state index is 12.9. The summed E-state index contributed by atoms with van der Waals surface area (Å²) in [7, 11) is 0. The first kappa shape index (κ1) is 15.1. The number of pyridine rings is 1. The van der Waals surface area contributed by atoms with Crippen molar-refractivity contribution in [1.82, 2.24) is 4.98 Å². The number of hydrogen-bond acceptors (Lipinski definition) is 4. The molecule has 2 aromatic rings. The van der Waals surface area contributed by atoms with Crippen molar-refractivity contribution in [3.63, 3.8) is 0 Å². The highest BCUT2D eigenvalue weighted by atomic mass is 19.4. The number of nitrogens with one attached hydrogen (secondary N) is 1. The van der Waals surface area contributed by atoms with E-state index in [0.717, 1.165) is 6.07 Å². The van der Waals surface area contributed by atoms with Crippen molar-refractivity contribution in [3.05, 3.63) is 48.2 Å². The monoisotopic (exact) mass is 297 g/mol. The molecule has 112 valence electrons. The minimum absolute atomic E-state index is 0.249. The van der Waals surface area contributed by atoms with Gasteiger partial charge in [0, 0.05) is 24.5 Å². The van der Waals surface area contributed by atoms with E-state index in [4.69, 9.17) is 10.5 Å². The minimum atomic E-state index is -4.47. The van der Waals surface area contributed by atoms with Gasteiger partial charge in [-0.05, 0) is 24.3 Å². The SMILES string of the molecule is NCCOc1cccc(Nc2ncccc2C(F)(F)F)c1. The Morgan fingerprint density at radius 3 is 2.71 bits per heavy atom. The Hall–Kier alpha value is -2.28. The van der Waals surface area contributed by atoms with Gasteiger partial charge in [-0.1, -0.05) is 6.07 Å². The Labute approximate surface area is 119 Å².